The van der Waals surface area contributed by atoms with E-state index in [4.69, 9.17) is 0 Å². The van der Waals surface area contributed by atoms with Crippen LogP contribution in [0.1, 0.15) is 12.1 Å². The lowest BCUT2D eigenvalue weighted by Gasteiger charge is -2.41. The largest absolute Gasteiger partial charge is 0.460 e. The minimum absolute atomic E-state index is 0.00238. The van der Waals surface area contributed by atoms with Crippen molar-refractivity contribution in [2.45, 2.75) is 54.6 Å². The fraction of sp³-hybridized carbons (Fsp3) is 0.611. The van der Waals surface area contributed by atoms with Crippen LogP contribution in [0.4, 0.5) is 70.2 Å². The highest BCUT2D eigenvalue weighted by Gasteiger charge is 2.93. The average Bonchev–Trinajstić information content (AvgIpc) is 3.31. The van der Waals surface area contributed by atoms with Crippen LogP contribution >= 0.6 is 0 Å². The van der Waals surface area contributed by atoms with Gasteiger partial charge >= 0.3 is 41.7 Å². The molecule has 40 heavy (non-hydrogen) atoms. The molecule has 1 heterocycles. The molecule has 0 unspecified atom stereocenters. The van der Waals surface area contributed by atoms with Gasteiger partial charge < -0.3 is 15.6 Å². The van der Waals surface area contributed by atoms with Crippen LogP contribution in [0.15, 0.2) is 24.4 Å². The average molecular weight is 622 g/mol. The minimum Gasteiger partial charge on any atom is -0.356 e. The Morgan fingerprint density at radius 1 is 0.750 bits per heavy atom. The van der Waals surface area contributed by atoms with Gasteiger partial charge in [0.05, 0.1) is 6.33 Å². The number of halogens is 16. The van der Waals surface area contributed by atoms with Gasteiger partial charge in [-0.25, -0.2) is 9.37 Å². The van der Waals surface area contributed by atoms with Gasteiger partial charge in [-0.2, -0.15) is 65.9 Å². The minimum atomic E-state index is -8.58. The molecule has 230 valence electrons. The lowest BCUT2D eigenvalue weighted by molar-refractivity contribution is -0.450. The first-order valence-corrected chi connectivity index (χ1v) is 10.0. The second kappa shape index (κ2) is 11.3. The van der Waals surface area contributed by atoms with Gasteiger partial charge in [0.1, 0.15) is 0 Å². The molecular weight excluding hydrogens is 608 g/mol. The quantitative estimate of drug-likeness (QED) is 0.218. The number of carbonyl (C=O) groups is 2. The Balaban J connectivity index is 3.01. The lowest BCUT2D eigenvalue weighted by atomic mass is 9.90. The van der Waals surface area contributed by atoms with Crippen molar-refractivity contribution in [2.24, 2.45) is 0 Å². The Morgan fingerprint density at radius 2 is 1.25 bits per heavy atom. The predicted molar refractivity (Wildman–Crippen MR) is 97.9 cm³/mol. The zero-order valence-electron chi connectivity index (χ0n) is 18.9. The van der Waals surface area contributed by atoms with Crippen LogP contribution < -0.4 is 10.6 Å². The van der Waals surface area contributed by atoms with Crippen molar-refractivity contribution in [3.63, 3.8) is 0 Å². The maximum Gasteiger partial charge on any atom is 0.460 e. The number of alkyl halides is 15. The van der Waals surface area contributed by atoms with Crippen molar-refractivity contribution in [1.82, 2.24) is 20.6 Å². The number of carbonyl (C=O) groups excluding carboxylic acids is 2. The zero-order chi connectivity index (χ0) is 31.6. The van der Waals surface area contributed by atoms with E-state index in [-0.39, 0.29) is 13.0 Å². The number of amides is 2. The molecule has 0 fully saturated rings. The Kier molecular flexibility index (Phi) is 9.86. The Bertz CT molecular complexity index is 1070. The van der Waals surface area contributed by atoms with Crippen molar-refractivity contribution in [2.75, 3.05) is 13.1 Å². The Labute approximate surface area is 211 Å². The van der Waals surface area contributed by atoms with E-state index in [0.29, 0.717) is 5.69 Å². The van der Waals surface area contributed by atoms with E-state index in [9.17, 15) is 79.8 Å². The van der Waals surface area contributed by atoms with Gasteiger partial charge in [0.25, 0.3) is 0 Å². The van der Waals surface area contributed by atoms with Gasteiger partial charge in [-0.3, -0.25) is 9.59 Å². The maximum absolute atomic E-state index is 13.7. The molecule has 2 amide bonds. The predicted octanol–water partition coefficient (Wildman–Crippen LogP) is 4.80. The molecule has 0 aliphatic carbocycles. The summed E-state index contributed by atoms with van der Waals surface area (Å²) in [5.74, 6) is -56.2. The first kappa shape index (κ1) is 34.8. The topological polar surface area (TPSA) is 86.9 Å². The van der Waals surface area contributed by atoms with Crippen molar-refractivity contribution < 1.29 is 79.8 Å². The summed E-state index contributed by atoms with van der Waals surface area (Å²) < 4.78 is 210. The number of nitrogens with zero attached hydrogens (tertiary/aromatic N) is 1. The van der Waals surface area contributed by atoms with Crippen LogP contribution in [-0.2, 0) is 16.0 Å². The maximum atomic E-state index is 13.7. The molecule has 0 saturated carbocycles. The molecule has 0 spiro atoms. The third-order valence-electron chi connectivity index (χ3n) is 4.81. The molecule has 6 nitrogen and oxygen atoms in total. The van der Waals surface area contributed by atoms with Crippen molar-refractivity contribution in [3.8, 4) is 0 Å². The molecule has 0 radical (unpaired) electrons. The summed E-state index contributed by atoms with van der Waals surface area (Å²) in [4.78, 5) is 29.3. The van der Waals surface area contributed by atoms with Crippen molar-refractivity contribution >= 4 is 11.8 Å². The summed E-state index contributed by atoms with van der Waals surface area (Å²) in [6.07, 6.45) is -6.77. The van der Waals surface area contributed by atoms with Gasteiger partial charge in [-0.15, -0.1) is 0 Å². The SMILES string of the molecule is O=C(/C=C(\F)C(F)(F)C(F)(F)C(F)(F)C(F)(F)C(F)(F)C(F)(F)C(F)(F)F)NCCC(=O)NCCc1cnc[nH]1. The molecular formula is C18H14F16N4O2. The molecule has 0 saturated heterocycles. The van der Waals surface area contributed by atoms with Crippen LogP contribution in [0.2, 0.25) is 0 Å². The molecule has 0 aliphatic heterocycles. The standard InChI is InChI=1S/C18H14F16N4O2/c19-9(5-11(40)37-4-2-10(39)36-3-1-8-6-35-7-38-8)12(20,21)13(22,23)14(24,25)15(26,27)16(28,29)17(30,31)18(32,33)34/h5-7H,1-4H2,(H,35,38)(H,36,39)(H,37,40)/b9-5-. The Morgan fingerprint density at radius 3 is 1.73 bits per heavy atom. The first-order chi connectivity index (χ1) is 17.8. The number of imidazole rings is 1. The van der Waals surface area contributed by atoms with Gasteiger partial charge in [-0.1, -0.05) is 0 Å². The van der Waals surface area contributed by atoms with E-state index >= 15 is 0 Å². The molecule has 1 rings (SSSR count). The van der Waals surface area contributed by atoms with Gasteiger partial charge in [0, 0.05) is 43.9 Å². The summed E-state index contributed by atoms with van der Waals surface area (Å²) in [7, 11) is 0. The highest BCUT2D eigenvalue weighted by atomic mass is 19.4. The van der Waals surface area contributed by atoms with E-state index < -0.39 is 78.4 Å². The number of allylic oxidation sites excluding steroid dienone is 1. The number of aromatic nitrogens is 2. The number of aromatic amines is 1. The summed E-state index contributed by atoms with van der Waals surface area (Å²) in [5, 5.41) is 3.67. The first-order valence-electron chi connectivity index (χ1n) is 10.0. The normalized spacial score (nSPS) is 14.8. The molecule has 0 aliphatic rings. The lowest BCUT2D eigenvalue weighted by Crippen LogP contribution is -2.72. The summed E-state index contributed by atoms with van der Waals surface area (Å²) >= 11 is 0. The second-order valence-electron chi connectivity index (χ2n) is 7.65. The van der Waals surface area contributed by atoms with Crippen LogP contribution in [0.3, 0.4) is 0 Å². The summed E-state index contributed by atoms with van der Waals surface area (Å²) in [6.45, 7) is -0.856. The third kappa shape index (κ3) is 6.23. The third-order valence-corrected chi connectivity index (χ3v) is 4.81. The zero-order valence-corrected chi connectivity index (χ0v) is 18.9. The number of H-pyrrole nitrogens is 1. The fourth-order valence-corrected chi connectivity index (χ4v) is 2.52. The number of rotatable bonds is 13. The second-order valence-corrected chi connectivity index (χ2v) is 7.65. The van der Waals surface area contributed by atoms with E-state index in [1.54, 1.807) is 0 Å². The van der Waals surface area contributed by atoms with E-state index in [0.717, 1.165) is 0 Å². The summed E-state index contributed by atoms with van der Waals surface area (Å²) in [6, 6.07) is 0. The summed E-state index contributed by atoms with van der Waals surface area (Å²) in [5.41, 5.74) is 0.577. The molecule has 0 bridgehead atoms. The molecule has 0 atom stereocenters. The van der Waals surface area contributed by atoms with Gasteiger partial charge in [0.15, 0.2) is 5.83 Å². The molecule has 3 N–H and O–H groups in total. The van der Waals surface area contributed by atoms with Crippen LogP contribution in [0, 0.1) is 0 Å². The van der Waals surface area contributed by atoms with E-state index in [2.05, 4.69) is 15.3 Å². The van der Waals surface area contributed by atoms with Crippen LogP contribution in [0.25, 0.3) is 0 Å². The molecule has 0 aromatic carbocycles. The monoisotopic (exact) mass is 622 g/mol. The van der Waals surface area contributed by atoms with Gasteiger partial charge in [-0.05, 0) is 0 Å². The van der Waals surface area contributed by atoms with Crippen molar-refractivity contribution in [3.05, 3.63) is 30.1 Å². The highest BCUT2D eigenvalue weighted by molar-refractivity contribution is 5.88. The Hall–Kier alpha value is -3.23. The van der Waals surface area contributed by atoms with Crippen molar-refractivity contribution in [1.29, 1.82) is 0 Å². The molecule has 1 aromatic heterocycles. The number of hydrogen-bond donors (Lipinski definition) is 3. The smallest absolute Gasteiger partial charge is 0.356 e. The van der Waals surface area contributed by atoms with Gasteiger partial charge in [0.2, 0.25) is 11.8 Å². The fourth-order valence-electron chi connectivity index (χ4n) is 2.52. The highest BCUT2D eigenvalue weighted by Crippen LogP contribution is 2.63. The molecule has 1 aromatic rings. The van der Waals surface area contributed by atoms with E-state index in [1.807, 2.05) is 0 Å². The van der Waals surface area contributed by atoms with Crippen LogP contribution in [-0.4, -0.2) is 76.6 Å². The van der Waals surface area contributed by atoms with Crippen LogP contribution in [0.5, 0.6) is 0 Å². The molecule has 22 heteroatoms. The van der Waals surface area contributed by atoms with E-state index in [1.165, 1.54) is 17.8 Å². The number of hydrogen-bond acceptors (Lipinski definition) is 3. The number of nitrogens with one attached hydrogen (secondary N) is 3.